The molecule has 0 N–H and O–H groups in total. The van der Waals surface area contributed by atoms with Crippen LogP contribution in [-0.2, 0) is 72.9 Å². The van der Waals surface area contributed by atoms with E-state index in [0.29, 0.717) is 0 Å². The van der Waals surface area contributed by atoms with Gasteiger partial charge in [0.05, 0.1) is 0 Å². The molecule has 0 heterocycles. The van der Waals surface area contributed by atoms with Crippen molar-refractivity contribution in [2.24, 2.45) is 0 Å². The predicted octanol–water partition coefficient (Wildman–Crippen LogP) is -0.245. The van der Waals surface area contributed by atoms with Crippen molar-refractivity contribution in [2.75, 3.05) is 0 Å². The monoisotopic (exact) mass is 508 g/mol. The van der Waals surface area contributed by atoms with Crippen LogP contribution >= 0.6 is 0 Å². The van der Waals surface area contributed by atoms with Crippen molar-refractivity contribution in [3.05, 3.63) is 0 Å². The van der Waals surface area contributed by atoms with Gasteiger partial charge < -0.3 is 11.0 Å². The Morgan fingerprint density at radius 1 is 0.800 bits per heavy atom. The molecule has 0 bridgehead atoms. The van der Waals surface area contributed by atoms with E-state index in [9.17, 15) is 0 Å². The van der Waals surface area contributed by atoms with Gasteiger partial charge in [-0.15, -0.1) is 0 Å². The maximum atomic E-state index is 0. The third kappa shape index (κ3) is 24.6. The molecule has 0 amide bonds. The van der Waals surface area contributed by atoms with E-state index >= 15 is 0 Å². The van der Waals surface area contributed by atoms with Gasteiger partial charge in [0.15, 0.2) is 0 Å². The molecular weight excluding hydrogens is 506 g/mol. The Bertz CT molecular complexity index is 9.61. The van der Waals surface area contributed by atoms with Crippen molar-refractivity contribution in [3.8, 4) is 0 Å². The molecule has 0 aliphatic carbocycles. The summed E-state index contributed by atoms with van der Waals surface area (Å²) in [4.78, 5) is 0. The minimum Gasteiger partial charge on any atom is -2.00 e. The molecule has 0 unspecified atom stereocenters. The zero-order valence-corrected chi connectivity index (χ0v) is 9.30. The van der Waals surface area contributed by atoms with E-state index in [1.54, 1.807) is 0 Å². The molecule has 0 spiro atoms. The minimum atomic E-state index is 0. The second-order valence-corrected chi connectivity index (χ2v) is 0. The number of hydrogen-bond acceptors (Lipinski definition) is 0. The summed E-state index contributed by atoms with van der Waals surface area (Å²) in [5, 5.41) is 0. The van der Waals surface area contributed by atoms with Gasteiger partial charge in [-0.25, -0.2) is 0 Å². The van der Waals surface area contributed by atoms with Gasteiger partial charge in [-0.05, 0) is 0 Å². The van der Waals surface area contributed by atoms with Crippen LogP contribution in [0, 0.1) is 0 Å². The zero-order valence-electron chi connectivity index (χ0n) is 1.95. The topological polar surface area (TPSA) is 57.0 Å². The van der Waals surface area contributed by atoms with Crippen molar-refractivity contribution in [3.63, 3.8) is 0 Å². The van der Waals surface area contributed by atoms with Gasteiger partial charge >= 0.3 is 0 Å². The Balaban J connectivity index is 0. The molecule has 2 nitrogen and oxygen atoms in total. The van der Waals surface area contributed by atoms with Crippen LogP contribution < -0.4 is 0 Å². The summed E-state index contributed by atoms with van der Waals surface area (Å²) in [6, 6.07) is 0. The molecule has 0 aromatic heterocycles. The fourth-order valence-corrected chi connectivity index (χ4v) is 0. The van der Waals surface area contributed by atoms with Gasteiger partial charge in [-0.1, -0.05) is 0 Å². The van der Waals surface area contributed by atoms with Crippen molar-refractivity contribution in [2.45, 2.75) is 0 Å². The van der Waals surface area contributed by atoms with E-state index in [2.05, 4.69) is 0 Å². The molecule has 0 aromatic carbocycles. The molecule has 0 saturated heterocycles. The Hall–Kier alpha value is 1.93. The summed E-state index contributed by atoms with van der Waals surface area (Å²) >= 11 is 0. The van der Waals surface area contributed by atoms with Crippen LogP contribution in [0.2, 0.25) is 0 Å². The van der Waals surface area contributed by atoms with E-state index < -0.39 is 0 Å². The average molecular weight is 506 g/mol. The SMILES string of the molecule is [Ir].[O-2].[O-2].[Ru].[Ta]. The van der Waals surface area contributed by atoms with E-state index in [1.165, 1.54) is 0 Å². The molecule has 0 aliphatic heterocycles. The fraction of sp³-hybridized carbons (Fsp3) is 0. The van der Waals surface area contributed by atoms with Crippen molar-refractivity contribution in [1.82, 2.24) is 0 Å². The predicted molar refractivity (Wildman–Crippen MR) is 1.37 cm³/mol. The molecule has 0 fully saturated rings. The first-order valence-corrected chi connectivity index (χ1v) is 0. The Morgan fingerprint density at radius 2 is 0.800 bits per heavy atom. The fourth-order valence-electron chi connectivity index (χ4n) is 0. The van der Waals surface area contributed by atoms with Crippen LogP contribution in [0.15, 0.2) is 0 Å². The van der Waals surface area contributed by atoms with Crippen LogP contribution in [0.1, 0.15) is 0 Å². The van der Waals surface area contributed by atoms with Crippen LogP contribution in [0.3, 0.4) is 0 Å². The van der Waals surface area contributed by atoms with E-state index in [1.807, 2.05) is 0 Å². The Labute approximate surface area is 72.3 Å². The first-order valence-electron chi connectivity index (χ1n) is 0. The standard InChI is InChI=1S/Ir.2O.Ru.Ta/q;2*-2;;. The zero-order chi connectivity index (χ0) is 0. The van der Waals surface area contributed by atoms with E-state index in [0.717, 1.165) is 0 Å². The summed E-state index contributed by atoms with van der Waals surface area (Å²) in [7, 11) is 0. The van der Waals surface area contributed by atoms with Crippen LogP contribution in [0.5, 0.6) is 0 Å². The molecule has 0 atom stereocenters. The van der Waals surface area contributed by atoms with Crippen molar-refractivity contribution in [1.29, 1.82) is 0 Å². The molecule has 0 saturated carbocycles. The molecule has 5 heavy (non-hydrogen) atoms. The first-order chi connectivity index (χ1) is 0. The van der Waals surface area contributed by atoms with Crippen molar-refractivity contribution < 1.29 is 72.9 Å². The van der Waals surface area contributed by atoms with E-state index in [4.69, 9.17) is 0 Å². The summed E-state index contributed by atoms with van der Waals surface area (Å²) < 4.78 is 0. The molecule has 38 valence electrons. The number of hydrogen-bond donors (Lipinski definition) is 0. The number of rotatable bonds is 0. The van der Waals surface area contributed by atoms with Crippen molar-refractivity contribution >= 4 is 0 Å². The van der Waals surface area contributed by atoms with E-state index in [-0.39, 0.29) is 72.9 Å². The smallest absolute Gasteiger partial charge is 0 e. The van der Waals surface area contributed by atoms with Crippen LogP contribution in [0.25, 0.3) is 0 Å². The first kappa shape index (κ1) is 65.3. The summed E-state index contributed by atoms with van der Waals surface area (Å²) in [5.41, 5.74) is 0. The third-order valence-electron chi connectivity index (χ3n) is 0. The van der Waals surface area contributed by atoms with Gasteiger partial charge in [0.25, 0.3) is 0 Å². The molecule has 0 rings (SSSR count). The van der Waals surface area contributed by atoms with Gasteiger partial charge in [0.1, 0.15) is 0 Å². The second-order valence-electron chi connectivity index (χ2n) is 0. The molecule has 0 aromatic rings. The third-order valence-corrected chi connectivity index (χ3v) is 0. The quantitative estimate of drug-likeness (QED) is 0.408. The summed E-state index contributed by atoms with van der Waals surface area (Å²) in [6.45, 7) is 0. The minimum absolute atomic E-state index is 0. The largest absolute Gasteiger partial charge is 2.00 e. The van der Waals surface area contributed by atoms with Gasteiger partial charge in [-0.3, -0.25) is 0 Å². The molecule has 0 aliphatic rings. The maximum Gasteiger partial charge on any atom is 0 e. The summed E-state index contributed by atoms with van der Waals surface area (Å²) in [6.07, 6.45) is 0. The average Bonchev–Trinajstić information content (AvgIpc) is 0. The van der Waals surface area contributed by atoms with Crippen LogP contribution in [-0.4, -0.2) is 0 Å². The maximum absolute atomic E-state index is 0. The molecule has 5 heteroatoms. The van der Waals surface area contributed by atoms with Gasteiger partial charge in [0.2, 0.25) is 0 Å². The second kappa shape index (κ2) is 38.6. The van der Waals surface area contributed by atoms with Gasteiger partial charge in [0, 0.05) is 62.0 Å². The molecular formula is IrO2RuTa-4. The van der Waals surface area contributed by atoms with Gasteiger partial charge in [-0.2, -0.15) is 0 Å². The normalized spacial score (nSPS) is 0. The molecule has 2 radical (unpaired) electrons. The Morgan fingerprint density at radius 3 is 0.800 bits per heavy atom. The van der Waals surface area contributed by atoms with Crippen LogP contribution in [0.4, 0.5) is 0 Å². The Kier molecular flexibility index (Phi) is 505. The summed E-state index contributed by atoms with van der Waals surface area (Å²) in [5.74, 6) is 0.